The van der Waals surface area contributed by atoms with Gasteiger partial charge in [0.15, 0.2) is 11.5 Å². The van der Waals surface area contributed by atoms with Crippen molar-refractivity contribution in [1.82, 2.24) is 9.80 Å². The van der Waals surface area contributed by atoms with Gasteiger partial charge >= 0.3 is 0 Å². The number of likely N-dealkylation sites (tertiary alicyclic amines) is 1. The molecule has 35 heavy (non-hydrogen) atoms. The molecule has 0 unspecified atom stereocenters. The topological polar surface area (TPSA) is 76.2 Å². The highest BCUT2D eigenvalue weighted by Gasteiger charge is 2.37. The highest BCUT2D eigenvalue weighted by molar-refractivity contribution is 14.1. The van der Waals surface area contributed by atoms with E-state index in [2.05, 4.69) is 22.6 Å². The summed E-state index contributed by atoms with van der Waals surface area (Å²) in [5.41, 5.74) is 1.54. The number of ether oxygens (including phenoxy) is 2. The molecule has 0 spiro atoms. The maximum absolute atomic E-state index is 12.9. The third-order valence-corrected chi connectivity index (χ3v) is 7.83. The first-order valence-corrected chi connectivity index (χ1v) is 13.4. The van der Waals surface area contributed by atoms with Crippen LogP contribution in [0, 0.1) is 3.57 Å². The normalized spacial score (nSPS) is 17.3. The van der Waals surface area contributed by atoms with E-state index in [0.717, 1.165) is 45.1 Å². The van der Waals surface area contributed by atoms with E-state index in [1.807, 2.05) is 24.3 Å². The van der Waals surface area contributed by atoms with E-state index in [9.17, 15) is 14.4 Å². The number of piperidine rings is 1. The molecule has 2 aliphatic rings. The largest absolute Gasteiger partial charge is 0.493 e. The number of rotatable bonds is 7. The van der Waals surface area contributed by atoms with Gasteiger partial charge in [-0.25, -0.2) is 0 Å². The molecule has 0 aromatic heterocycles. The van der Waals surface area contributed by atoms with Crippen LogP contribution in [0.1, 0.15) is 30.4 Å². The molecule has 0 radical (unpaired) electrons. The number of hydrogen-bond acceptors (Lipinski definition) is 6. The van der Waals surface area contributed by atoms with Crippen molar-refractivity contribution in [3.8, 4) is 11.5 Å². The lowest BCUT2D eigenvalue weighted by atomic mass is 10.1. The van der Waals surface area contributed by atoms with Crippen LogP contribution in [0.5, 0.6) is 11.5 Å². The molecular weight excluding hydrogens is 603 g/mol. The van der Waals surface area contributed by atoms with Gasteiger partial charge in [0.05, 0.1) is 15.6 Å². The van der Waals surface area contributed by atoms with Crippen LogP contribution in [0.3, 0.4) is 0 Å². The van der Waals surface area contributed by atoms with Crippen molar-refractivity contribution >= 4 is 69.1 Å². The van der Waals surface area contributed by atoms with Gasteiger partial charge < -0.3 is 14.4 Å². The zero-order valence-electron chi connectivity index (χ0n) is 19.1. The van der Waals surface area contributed by atoms with Crippen molar-refractivity contribution in [2.75, 3.05) is 26.7 Å². The first-order chi connectivity index (χ1) is 16.9. The SMILES string of the molecule is COc1cc(/C=C2\SC(=O)N(CC(=O)N3CCCCC3)C2=O)cc(I)c1OCc1ccccc1Cl. The second-order valence-corrected chi connectivity index (χ2v) is 10.7. The zero-order valence-corrected chi connectivity index (χ0v) is 22.8. The molecule has 0 saturated carbocycles. The number of nitrogens with zero attached hydrogens (tertiary/aromatic N) is 2. The van der Waals surface area contributed by atoms with Crippen molar-refractivity contribution in [2.24, 2.45) is 0 Å². The number of carbonyl (C=O) groups is 3. The highest BCUT2D eigenvalue weighted by atomic mass is 127. The van der Waals surface area contributed by atoms with Gasteiger partial charge in [-0.05, 0) is 83.5 Å². The van der Waals surface area contributed by atoms with E-state index in [1.165, 1.54) is 7.11 Å². The van der Waals surface area contributed by atoms with Gasteiger partial charge in [0.2, 0.25) is 5.91 Å². The average Bonchev–Trinajstić information content (AvgIpc) is 3.11. The van der Waals surface area contributed by atoms with Gasteiger partial charge in [-0.3, -0.25) is 19.3 Å². The lowest BCUT2D eigenvalue weighted by Gasteiger charge is -2.27. The number of amides is 3. The number of imide groups is 1. The van der Waals surface area contributed by atoms with Crippen LogP contribution in [0.25, 0.3) is 6.08 Å². The molecule has 0 atom stereocenters. The molecule has 2 saturated heterocycles. The van der Waals surface area contributed by atoms with Gasteiger partial charge in [0, 0.05) is 23.7 Å². The van der Waals surface area contributed by atoms with Gasteiger partial charge in [0.1, 0.15) is 13.2 Å². The van der Waals surface area contributed by atoms with E-state index >= 15 is 0 Å². The summed E-state index contributed by atoms with van der Waals surface area (Å²) < 4.78 is 12.3. The molecule has 184 valence electrons. The first-order valence-electron chi connectivity index (χ1n) is 11.1. The minimum Gasteiger partial charge on any atom is -0.493 e. The van der Waals surface area contributed by atoms with E-state index in [0.29, 0.717) is 35.2 Å². The Kier molecular flexibility index (Phi) is 8.61. The van der Waals surface area contributed by atoms with Crippen molar-refractivity contribution < 1.29 is 23.9 Å². The Bertz CT molecular complexity index is 1180. The maximum Gasteiger partial charge on any atom is 0.294 e. The van der Waals surface area contributed by atoms with Crippen molar-refractivity contribution in [3.05, 3.63) is 61.0 Å². The molecule has 0 N–H and O–H groups in total. The number of methoxy groups -OCH3 is 1. The standard InChI is InChI=1S/C25H24ClIN2O5S/c1-33-20-12-16(11-19(27)23(20)34-15-17-7-3-4-8-18(17)26)13-21-24(31)29(25(32)35-21)14-22(30)28-9-5-2-6-10-28/h3-4,7-8,11-13H,2,5-6,9-10,14-15H2,1H3/b21-13-. The fraction of sp³-hybridized carbons (Fsp3) is 0.320. The number of thioether (sulfide) groups is 1. The molecule has 2 aromatic rings. The van der Waals surface area contributed by atoms with Crippen LogP contribution in [-0.4, -0.2) is 53.6 Å². The molecule has 2 aliphatic heterocycles. The predicted molar refractivity (Wildman–Crippen MR) is 145 cm³/mol. The number of carbonyl (C=O) groups excluding carboxylic acids is 3. The van der Waals surface area contributed by atoms with Crippen LogP contribution in [0.4, 0.5) is 4.79 Å². The summed E-state index contributed by atoms with van der Waals surface area (Å²) in [6.45, 7) is 1.40. The lowest BCUT2D eigenvalue weighted by molar-refractivity contribution is -0.136. The summed E-state index contributed by atoms with van der Waals surface area (Å²) in [7, 11) is 1.54. The molecule has 3 amide bonds. The monoisotopic (exact) mass is 626 g/mol. The fourth-order valence-electron chi connectivity index (χ4n) is 3.89. The quantitative estimate of drug-likeness (QED) is 0.295. The summed E-state index contributed by atoms with van der Waals surface area (Å²) in [5, 5.41) is 0.181. The van der Waals surface area contributed by atoms with Crippen LogP contribution in [0.2, 0.25) is 5.02 Å². The Morgan fingerprint density at radius 3 is 2.63 bits per heavy atom. The second kappa shape index (κ2) is 11.7. The minimum absolute atomic E-state index is 0.190. The predicted octanol–water partition coefficient (Wildman–Crippen LogP) is 5.58. The smallest absolute Gasteiger partial charge is 0.294 e. The Balaban J connectivity index is 1.49. The van der Waals surface area contributed by atoms with Crippen molar-refractivity contribution in [3.63, 3.8) is 0 Å². The summed E-state index contributed by atoms with van der Waals surface area (Å²) in [6.07, 6.45) is 4.64. The Hall–Kier alpha value is -2.24. The van der Waals surface area contributed by atoms with E-state index in [-0.39, 0.29) is 24.0 Å². The third-order valence-electron chi connectivity index (χ3n) is 5.76. The molecule has 2 fully saturated rings. The molecule has 0 aliphatic carbocycles. The second-order valence-electron chi connectivity index (χ2n) is 8.12. The summed E-state index contributed by atoms with van der Waals surface area (Å²) in [5.74, 6) is 0.406. The van der Waals surface area contributed by atoms with Gasteiger partial charge in [-0.2, -0.15) is 0 Å². The fourth-order valence-corrected chi connectivity index (χ4v) is 5.70. The van der Waals surface area contributed by atoms with Gasteiger partial charge in [0.25, 0.3) is 11.1 Å². The first kappa shape index (κ1) is 25.8. The minimum atomic E-state index is -0.460. The molecule has 7 nitrogen and oxygen atoms in total. The third kappa shape index (κ3) is 6.13. The van der Waals surface area contributed by atoms with Crippen molar-refractivity contribution in [1.29, 1.82) is 0 Å². The van der Waals surface area contributed by atoms with Crippen LogP contribution >= 0.6 is 46.0 Å². The summed E-state index contributed by atoms with van der Waals surface area (Å²) >= 11 is 9.20. The van der Waals surface area contributed by atoms with Crippen molar-refractivity contribution in [2.45, 2.75) is 25.9 Å². The zero-order chi connectivity index (χ0) is 24.9. The van der Waals surface area contributed by atoms with Crippen LogP contribution in [0.15, 0.2) is 41.3 Å². The number of hydrogen-bond donors (Lipinski definition) is 0. The van der Waals surface area contributed by atoms with Gasteiger partial charge in [-0.1, -0.05) is 29.8 Å². The molecule has 0 bridgehead atoms. The molecule has 2 heterocycles. The Morgan fingerprint density at radius 2 is 1.91 bits per heavy atom. The van der Waals surface area contributed by atoms with E-state index in [1.54, 1.807) is 23.1 Å². The van der Waals surface area contributed by atoms with E-state index in [4.69, 9.17) is 21.1 Å². The number of benzene rings is 2. The van der Waals surface area contributed by atoms with Gasteiger partial charge in [-0.15, -0.1) is 0 Å². The molecule has 10 heteroatoms. The van der Waals surface area contributed by atoms with Crippen LogP contribution < -0.4 is 9.47 Å². The maximum atomic E-state index is 12.9. The molecule has 4 rings (SSSR count). The summed E-state index contributed by atoms with van der Waals surface area (Å²) in [6, 6.07) is 11.0. The van der Waals surface area contributed by atoms with E-state index < -0.39 is 11.1 Å². The molecule has 2 aromatic carbocycles. The lowest BCUT2D eigenvalue weighted by Crippen LogP contribution is -2.44. The molecular formula is C25H24ClIN2O5S. The number of halogens is 2. The Labute approximate surface area is 226 Å². The Morgan fingerprint density at radius 1 is 1.17 bits per heavy atom. The highest BCUT2D eigenvalue weighted by Crippen LogP contribution is 2.38. The van der Waals surface area contributed by atoms with Crippen LogP contribution in [-0.2, 0) is 16.2 Å². The average molecular weight is 627 g/mol. The summed E-state index contributed by atoms with van der Waals surface area (Å²) in [4.78, 5) is 41.0.